The molecule has 0 unspecified atom stereocenters. The van der Waals surface area contributed by atoms with Crippen molar-refractivity contribution in [1.82, 2.24) is 14.3 Å². The Bertz CT molecular complexity index is 950. The second-order valence-corrected chi connectivity index (χ2v) is 8.63. The van der Waals surface area contributed by atoms with Crippen LogP contribution in [0, 0.1) is 19.8 Å². The number of nitrogens with zero attached hydrogens (tertiary/aromatic N) is 3. The van der Waals surface area contributed by atoms with Gasteiger partial charge >= 0.3 is 0 Å². The molecule has 0 atom stereocenters. The fourth-order valence-electron chi connectivity index (χ4n) is 3.50. The lowest BCUT2D eigenvalue weighted by molar-refractivity contribution is 0.228. The maximum Gasteiger partial charge on any atom is 0.276 e. The number of aromatic nitrogens is 2. The summed E-state index contributed by atoms with van der Waals surface area (Å²) in [6, 6.07) is 12.0. The SMILES string of the molecule is Cc1ccsc1CN(Cc1c(C)n(C)n(-c2ccccc2)c1=O)CC(C)C. The van der Waals surface area contributed by atoms with E-state index in [1.54, 1.807) is 16.0 Å². The Labute approximate surface area is 165 Å². The molecule has 5 heteroatoms. The molecule has 27 heavy (non-hydrogen) atoms. The third kappa shape index (κ3) is 4.25. The zero-order chi connectivity index (χ0) is 19.6. The van der Waals surface area contributed by atoms with Crippen molar-refractivity contribution < 1.29 is 0 Å². The van der Waals surface area contributed by atoms with Crippen LogP contribution in [0.15, 0.2) is 46.6 Å². The molecule has 3 aromatic rings. The quantitative estimate of drug-likeness (QED) is 0.601. The van der Waals surface area contributed by atoms with Gasteiger partial charge in [-0.2, -0.15) is 0 Å². The Morgan fingerprint density at radius 1 is 1.07 bits per heavy atom. The number of para-hydroxylation sites is 1. The van der Waals surface area contributed by atoms with Crippen molar-refractivity contribution >= 4 is 11.3 Å². The molecule has 3 rings (SSSR count). The molecule has 0 aliphatic heterocycles. The van der Waals surface area contributed by atoms with Crippen molar-refractivity contribution in [2.45, 2.75) is 40.8 Å². The van der Waals surface area contributed by atoms with E-state index < -0.39 is 0 Å². The van der Waals surface area contributed by atoms with Gasteiger partial charge in [-0.15, -0.1) is 11.3 Å². The second-order valence-electron chi connectivity index (χ2n) is 7.63. The molecule has 0 fully saturated rings. The summed E-state index contributed by atoms with van der Waals surface area (Å²) in [4.78, 5) is 17.0. The summed E-state index contributed by atoms with van der Waals surface area (Å²) in [5, 5.41) is 2.15. The zero-order valence-electron chi connectivity index (χ0n) is 16.9. The van der Waals surface area contributed by atoms with E-state index in [0.717, 1.165) is 30.0 Å². The van der Waals surface area contributed by atoms with E-state index in [0.29, 0.717) is 12.5 Å². The normalized spacial score (nSPS) is 11.7. The fraction of sp³-hybridized carbons (Fsp3) is 0.409. The van der Waals surface area contributed by atoms with E-state index >= 15 is 0 Å². The van der Waals surface area contributed by atoms with Crippen LogP contribution in [0.1, 0.15) is 35.5 Å². The van der Waals surface area contributed by atoms with Gasteiger partial charge in [-0.1, -0.05) is 32.0 Å². The Kier molecular flexibility index (Phi) is 6.02. The Balaban J connectivity index is 1.94. The van der Waals surface area contributed by atoms with E-state index in [-0.39, 0.29) is 5.56 Å². The number of thiophene rings is 1. The van der Waals surface area contributed by atoms with Crippen molar-refractivity contribution in [2.24, 2.45) is 13.0 Å². The average molecular weight is 384 g/mol. The smallest absolute Gasteiger partial charge is 0.276 e. The van der Waals surface area contributed by atoms with Crippen molar-refractivity contribution in [3.05, 3.63) is 73.8 Å². The van der Waals surface area contributed by atoms with E-state index in [9.17, 15) is 4.79 Å². The molecule has 4 nitrogen and oxygen atoms in total. The number of hydrogen-bond acceptors (Lipinski definition) is 3. The molecule has 1 aromatic carbocycles. The lowest BCUT2D eigenvalue weighted by Crippen LogP contribution is -2.30. The van der Waals surface area contributed by atoms with E-state index in [1.165, 1.54) is 10.4 Å². The largest absolute Gasteiger partial charge is 0.293 e. The highest BCUT2D eigenvalue weighted by atomic mass is 32.1. The summed E-state index contributed by atoms with van der Waals surface area (Å²) >= 11 is 1.80. The van der Waals surface area contributed by atoms with Crippen LogP contribution in [0.2, 0.25) is 0 Å². The molecule has 0 radical (unpaired) electrons. The predicted octanol–water partition coefficient (Wildman–Crippen LogP) is 4.51. The molecule has 0 bridgehead atoms. The Morgan fingerprint density at radius 3 is 2.37 bits per heavy atom. The van der Waals surface area contributed by atoms with Gasteiger partial charge in [-0.3, -0.25) is 14.4 Å². The first-order chi connectivity index (χ1) is 12.9. The maximum atomic E-state index is 13.2. The van der Waals surface area contributed by atoms with Gasteiger partial charge in [0.15, 0.2) is 0 Å². The lowest BCUT2D eigenvalue weighted by Gasteiger charge is -2.23. The average Bonchev–Trinajstić information content (AvgIpc) is 3.12. The summed E-state index contributed by atoms with van der Waals surface area (Å²) in [5.41, 5.74) is 4.23. The lowest BCUT2D eigenvalue weighted by atomic mass is 10.1. The number of hydrogen-bond donors (Lipinski definition) is 0. The first-order valence-corrected chi connectivity index (χ1v) is 10.3. The number of rotatable bonds is 7. The van der Waals surface area contributed by atoms with Crippen LogP contribution in [0.3, 0.4) is 0 Å². The molecule has 144 valence electrons. The number of benzene rings is 1. The fourth-order valence-corrected chi connectivity index (χ4v) is 4.45. The highest BCUT2D eigenvalue weighted by molar-refractivity contribution is 7.10. The number of aryl methyl sites for hydroxylation is 1. The molecular weight excluding hydrogens is 354 g/mol. The Morgan fingerprint density at radius 2 is 1.78 bits per heavy atom. The summed E-state index contributed by atoms with van der Waals surface area (Å²) in [7, 11) is 1.96. The van der Waals surface area contributed by atoms with E-state index in [2.05, 4.69) is 37.1 Å². The first-order valence-electron chi connectivity index (χ1n) is 9.46. The highest BCUT2D eigenvalue weighted by Crippen LogP contribution is 2.20. The van der Waals surface area contributed by atoms with Crippen LogP contribution in [0.25, 0.3) is 5.69 Å². The van der Waals surface area contributed by atoms with Crippen molar-refractivity contribution in [2.75, 3.05) is 6.54 Å². The minimum absolute atomic E-state index is 0.0813. The molecule has 0 aliphatic carbocycles. The van der Waals surface area contributed by atoms with Crippen molar-refractivity contribution in [3.63, 3.8) is 0 Å². The van der Waals surface area contributed by atoms with Crippen LogP contribution < -0.4 is 5.56 Å². The highest BCUT2D eigenvalue weighted by Gasteiger charge is 2.20. The summed E-state index contributed by atoms with van der Waals surface area (Å²) < 4.78 is 3.74. The maximum absolute atomic E-state index is 13.2. The standard InChI is InChI=1S/C22H29N3OS/c1-16(2)13-24(15-21-17(3)11-12-27-21)14-20-18(4)23(5)25(22(20)26)19-9-7-6-8-10-19/h6-12,16H,13-15H2,1-5H3. The summed E-state index contributed by atoms with van der Waals surface area (Å²) in [6.07, 6.45) is 0. The predicted molar refractivity (Wildman–Crippen MR) is 114 cm³/mol. The zero-order valence-corrected chi connectivity index (χ0v) is 17.7. The van der Waals surface area contributed by atoms with Crippen LogP contribution >= 0.6 is 11.3 Å². The minimum atomic E-state index is 0.0813. The molecule has 2 heterocycles. The van der Waals surface area contributed by atoms with Gasteiger partial charge in [-0.25, -0.2) is 4.68 Å². The van der Waals surface area contributed by atoms with Crippen LogP contribution in [-0.2, 0) is 20.1 Å². The molecule has 0 N–H and O–H groups in total. The first kappa shape index (κ1) is 19.6. The van der Waals surface area contributed by atoms with Gasteiger partial charge in [0, 0.05) is 37.3 Å². The van der Waals surface area contributed by atoms with Crippen molar-refractivity contribution in [1.29, 1.82) is 0 Å². The molecule has 0 saturated carbocycles. The third-order valence-electron chi connectivity index (χ3n) is 5.01. The second kappa shape index (κ2) is 8.28. The van der Waals surface area contributed by atoms with Crippen molar-refractivity contribution in [3.8, 4) is 5.69 Å². The van der Waals surface area contributed by atoms with Gasteiger partial charge < -0.3 is 0 Å². The van der Waals surface area contributed by atoms with Gasteiger partial charge in [0.2, 0.25) is 0 Å². The summed E-state index contributed by atoms with van der Waals surface area (Å²) in [6.45, 7) is 11.2. The summed E-state index contributed by atoms with van der Waals surface area (Å²) in [5.74, 6) is 0.547. The molecule has 0 spiro atoms. The van der Waals surface area contributed by atoms with Crippen LogP contribution in [-0.4, -0.2) is 20.8 Å². The topological polar surface area (TPSA) is 30.2 Å². The van der Waals surface area contributed by atoms with E-state index in [1.807, 2.05) is 49.0 Å². The molecule has 2 aromatic heterocycles. The Hall–Kier alpha value is -2.11. The van der Waals surface area contributed by atoms with Crippen LogP contribution in [0.5, 0.6) is 0 Å². The molecule has 0 amide bonds. The molecule has 0 saturated heterocycles. The van der Waals surface area contributed by atoms with Crippen LogP contribution in [0.4, 0.5) is 0 Å². The minimum Gasteiger partial charge on any atom is -0.293 e. The molecule has 0 aliphatic rings. The van der Waals surface area contributed by atoms with Gasteiger partial charge in [-0.05, 0) is 48.9 Å². The van der Waals surface area contributed by atoms with Gasteiger partial charge in [0.05, 0.1) is 11.3 Å². The third-order valence-corrected chi connectivity index (χ3v) is 6.02. The monoisotopic (exact) mass is 383 g/mol. The van der Waals surface area contributed by atoms with Gasteiger partial charge in [0.25, 0.3) is 5.56 Å². The molecular formula is C22H29N3OS. The van der Waals surface area contributed by atoms with E-state index in [4.69, 9.17) is 0 Å². The van der Waals surface area contributed by atoms with Gasteiger partial charge in [0.1, 0.15) is 0 Å².